The fourth-order valence-electron chi connectivity index (χ4n) is 2.52. The van der Waals surface area contributed by atoms with Gasteiger partial charge in [0.2, 0.25) is 0 Å². The van der Waals surface area contributed by atoms with Crippen molar-refractivity contribution in [3.63, 3.8) is 0 Å². The molecule has 1 saturated heterocycles. The average molecular weight is 196 g/mol. The number of hydrogen-bond donors (Lipinski definition) is 1. The van der Waals surface area contributed by atoms with Gasteiger partial charge in [0, 0.05) is 31.2 Å². The van der Waals surface area contributed by atoms with E-state index in [1.165, 1.54) is 32.4 Å². The van der Waals surface area contributed by atoms with Crippen LogP contribution < -0.4 is 5.32 Å². The second-order valence-electron chi connectivity index (χ2n) is 5.84. The van der Waals surface area contributed by atoms with Crippen LogP contribution in [0.1, 0.15) is 40.0 Å². The third kappa shape index (κ3) is 2.29. The Morgan fingerprint density at radius 2 is 2.07 bits per heavy atom. The van der Waals surface area contributed by atoms with E-state index >= 15 is 0 Å². The molecule has 2 nitrogen and oxygen atoms in total. The molecule has 2 heteroatoms. The molecule has 0 aromatic rings. The van der Waals surface area contributed by atoms with E-state index in [1.54, 1.807) is 0 Å². The van der Waals surface area contributed by atoms with Crippen LogP contribution in [0.4, 0.5) is 0 Å². The Morgan fingerprint density at radius 1 is 1.36 bits per heavy atom. The maximum atomic E-state index is 3.61. The highest BCUT2D eigenvalue weighted by molar-refractivity contribution is 4.91. The summed E-state index contributed by atoms with van der Waals surface area (Å²) in [5.41, 5.74) is 0.316. The number of rotatable bonds is 2. The highest BCUT2D eigenvalue weighted by Crippen LogP contribution is 2.28. The Hall–Kier alpha value is -0.0800. The smallest absolute Gasteiger partial charge is 0.0252 e. The van der Waals surface area contributed by atoms with Gasteiger partial charge in [-0.25, -0.2) is 0 Å². The molecule has 0 aromatic heterocycles. The topological polar surface area (TPSA) is 15.3 Å². The highest BCUT2D eigenvalue weighted by Gasteiger charge is 2.32. The lowest BCUT2D eigenvalue weighted by molar-refractivity contribution is 0.0714. The zero-order valence-electron chi connectivity index (χ0n) is 9.84. The van der Waals surface area contributed by atoms with E-state index < -0.39 is 0 Å². The van der Waals surface area contributed by atoms with Crippen molar-refractivity contribution in [1.29, 1.82) is 0 Å². The van der Waals surface area contributed by atoms with Crippen LogP contribution in [0.5, 0.6) is 0 Å². The average Bonchev–Trinajstić information content (AvgIpc) is 2.03. The van der Waals surface area contributed by atoms with E-state index in [9.17, 15) is 0 Å². The summed E-state index contributed by atoms with van der Waals surface area (Å²) >= 11 is 0. The lowest BCUT2D eigenvalue weighted by atomic mass is 9.84. The van der Waals surface area contributed by atoms with Crippen LogP contribution in [0, 0.1) is 5.92 Å². The summed E-state index contributed by atoms with van der Waals surface area (Å²) in [6.07, 6.45) is 4.41. The minimum Gasteiger partial charge on any atom is -0.309 e. The lowest BCUT2D eigenvalue weighted by Gasteiger charge is -2.45. The van der Waals surface area contributed by atoms with Crippen LogP contribution in [0.2, 0.25) is 0 Å². The minimum absolute atomic E-state index is 0.316. The first kappa shape index (κ1) is 10.4. The maximum absolute atomic E-state index is 3.61. The molecule has 1 saturated carbocycles. The molecule has 0 amide bonds. The van der Waals surface area contributed by atoms with E-state index in [2.05, 4.69) is 31.0 Å². The normalized spacial score (nSPS) is 34.1. The molecule has 14 heavy (non-hydrogen) atoms. The quantitative estimate of drug-likeness (QED) is 0.725. The van der Waals surface area contributed by atoms with Crippen LogP contribution in [0.15, 0.2) is 0 Å². The molecule has 1 aliphatic carbocycles. The van der Waals surface area contributed by atoms with Crippen molar-refractivity contribution in [3.05, 3.63) is 0 Å². The largest absolute Gasteiger partial charge is 0.309 e. The first-order chi connectivity index (χ1) is 6.57. The molecule has 0 bridgehead atoms. The van der Waals surface area contributed by atoms with Gasteiger partial charge in [0.05, 0.1) is 0 Å². The van der Waals surface area contributed by atoms with Crippen LogP contribution >= 0.6 is 0 Å². The highest BCUT2D eigenvalue weighted by atomic mass is 15.2. The molecular weight excluding hydrogens is 172 g/mol. The van der Waals surface area contributed by atoms with Gasteiger partial charge in [0.1, 0.15) is 0 Å². The van der Waals surface area contributed by atoms with E-state index in [0.29, 0.717) is 5.54 Å². The van der Waals surface area contributed by atoms with Gasteiger partial charge in [-0.05, 0) is 39.5 Å². The second kappa shape index (κ2) is 3.82. The second-order valence-corrected chi connectivity index (χ2v) is 5.84. The summed E-state index contributed by atoms with van der Waals surface area (Å²) in [4.78, 5) is 2.68. The van der Waals surface area contributed by atoms with Crippen LogP contribution in [-0.2, 0) is 0 Å². The third-order valence-electron chi connectivity index (χ3n) is 3.82. The van der Waals surface area contributed by atoms with Gasteiger partial charge in [-0.15, -0.1) is 0 Å². The number of nitrogens with one attached hydrogen (secondary N) is 1. The van der Waals surface area contributed by atoms with Crippen molar-refractivity contribution in [2.24, 2.45) is 5.92 Å². The van der Waals surface area contributed by atoms with E-state index in [4.69, 9.17) is 0 Å². The molecular formula is C12H24N2. The Kier molecular flexibility index (Phi) is 2.85. The molecule has 0 spiro atoms. The predicted octanol–water partition coefficient (Wildman–Crippen LogP) is 1.86. The standard InChI is InChI=1S/C12H24N2/c1-10-7-13-12(2,3)9-14(10)8-11-5-4-6-11/h10-11,13H,4-9H2,1-3H3. The predicted molar refractivity (Wildman–Crippen MR) is 60.5 cm³/mol. The molecule has 1 N–H and O–H groups in total. The van der Waals surface area contributed by atoms with Gasteiger partial charge in [-0.3, -0.25) is 4.90 Å². The van der Waals surface area contributed by atoms with E-state index in [-0.39, 0.29) is 0 Å². The van der Waals surface area contributed by atoms with Crippen molar-refractivity contribution in [2.75, 3.05) is 19.6 Å². The van der Waals surface area contributed by atoms with E-state index in [1.807, 2.05) is 0 Å². The van der Waals surface area contributed by atoms with Crippen molar-refractivity contribution in [1.82, 2.24) is 10.2 Å². The van der Waals surface area contributed by atoms with Gasteiger partial charge >= 0.3 is 0 Å². The van der Waals surface area contributed by atoms with Crippen molar-refractivity contribution in [3.8, 4) is 0 Å². The summed E-state index contributed by atoms with van der Waals surface area (Å²) in [6.45, 7) is 10.7. The molecule has 2 aliphatic rings. The van der Waals surface area contributed by atoms with Gasteiger partial charge in [0.25, 0.3) is 0 Å². The van der Waals surface area contributed by atoms with Crippen molar-refractivity contribution in [2.45, 2.75) is 51.6 Å². The van der Waals surface area contributed by atoms with E-state index in [0.717, 1.165) is 18.5 Å². The monoisotopic (exact) mass is 196 g/mol. The summed E-state index contributed by atoms with van der Waals surface area (Å²) in [7, 11) is 0. The molecule has 2 fully saturated rings. The Labute approximate surface area is 88.1 Å². The van der Waals surface area contributed by atoms with Gasteiger partial charge in [-0.2, -0.15) is 0 Å². The number of nitrogens with zero attached hydrogens (tertiary/aromatic N) is 1. The molecule has 2 rings (SSSR count). The number of hydrogen-bond acceptors (Lipinski definition) is 2. The minimum atomic E-state index is 0.316. The molecule has 0 radical (unpaired) electrons. The maximum Gasteiger partial charge on any atom is 0.0252 e. The Bertz CT molecular complexity index is 196. The van der Waals surface area contributed by atoms with Crippen molar-refractivity contribution < 1.29 is 0 Å². The van der Waals surface area contributed by atoms with Crippen LogP contribution in [0.3, 0.4) is 0 Å². The molecule has 1 atom stereocenters. The fourth-order valence-corrected chi connectivity index (χ4v) is 2.52. The van der Waals surface area contributed by atoms with Gasteiger partial charge < -0.3 is 5.32 Å². The summed E-state index contributed by atoms with van der Waals surface area (Å²) in [5.74, 6) is 1.01. The molecule has 0 aromatic carbocycles. The zero-order valence-corrected chi connectivity index (χ0v) is 9.84. The van der Waals surface area contributed by atoms with Crippen molar-refractivity contribution >= 4 is 0 Å². The van der Waals surface area contributed by atoms with Crippen LogP contribution in [0.25, 0.3) is 0 Å². The summed E-state index contributed by atoms with van der Waals surface area (Å²) < 4.78 is 0. The Morgan fingerprint density at radius 3 is 2.64 bits per heavy atom. The first-order valence-corrected chi connectivity index (χ1v) is 6.06. The van der Waals surface area contributed by atoms with Gasteiger partial charge in [-0.1, -0.05) is 6.42 Å². The lowest BCUT2D eigenvalue weighted by Crippen LogP contribution is -2.61. The molecule has 1 unspecified atom stereocenters. The molecule has 82 valence electrons. The fraction of sp³-hybridized carbons (Fsp3) is 1.00. The first-order valence-electron chi connectivity index (χ1n) is 6.06. The number of piperazine rings is 1. The molecule has 1 heterocycles. The van der Waals surface area contributed by atoms with Gasteiger partial charge in [0.15, 0.2) is 0 Å². The Balaban J connectivity index is 1.87. The third-order valence-corrected chi connectivity index (χ3v) is 3.82. The SMILES string of the molecule is CC1CNC(C)(C)CN1CC1CCC1. The summed E-state index contributed by atoms with van der Waals surface area (Å²) in [5, 5.41) is 3.61. The zero-order chi connectivity index (χ0) is 10.2. The summed E-state index contributed by atoms with van der Waals surface area (Å²) in [6, 6.07) is 0.726. The van der Waals surface area contributed by atoms with Crippen LogP contribution in [-0.4, -0.2) is 36.1 Å². The molecule has 1 aliphatic heterocycles.